The highest BCUT2D eigenvalue weighted by molar-refractivity contribution is 6.31. The Morgan fingerprint density at radius 3 is 2.70 bits per heavy atom. The average molecular weight is 528 g/mol. The molecular weight excluding hydrogens is 486 g/mol. The number of methoxy groups -OCH3 is 1. The molecule has 202 valence electrons. The normalized spacial score (nSPS) is 41.3. The lowest BCUT2D eigenvalue weighted by molar-refractivity contribution is -0.163. The van der Waals surface area contributed by atoms with Crippen LogP contribution in [0.4, 0.5) is 0 Å². The molecular formula is C30H42ClN3O3. The molecule has 0 saturated heterocycles. The van der Waals surface area contributed by atoms with Crippen LogP contribution in [0.5, 0.6) is 0 Å². The van der Waals surface area contributed by atoms with Crippen molar-refractivity contribution in [3.05, 3.63) is 23.2 Å². The maximum atomic E-state index is 13.7. The number of ketones is 1. The van der Waals surface area contributed by atoms with Crippen molar-refractivity contribution in [2.24, 2.45) is 40.4 Å². The lowest BCUT2D eigenvalue weighted by atomic mass is 9.42. The maximum Gasteiger partial charge on any atom is 0.159 e. The van der Waals surface area contributed by atoms with Crippen molar-refractivity contribution in [2.75, 3.05) is 13.7 Å². The van der Waals surface area contributed by atoms with Gasteiger partial charge in [-0.2, -0.15) is 15.0 Å². The highest BCUT2D eigenvalue weighted by atomic mass is 35.5. The summed E-state index contributed by atoms with van der Waals surface area (Å²) in [7, 11) is 1.82. The second-order valence-electron chi connectivity index (χ2n) is 13.3. The Bertz CT molecular complexity index is 1180. The molecule has 7 heteroatoms. The first-order valence-electron chi connectivity index (χ1n) is 14.4. The summed E-state index contributed by atoms with van der Waals surface area (Å²) in [6.45, 7) is 5.50. The number of Topliss-reactive ketones (excluding diaryl/α,β-unsaturated/α-hetero) is 1. The Hall–Kier alpha value is -1.50. The summed E-state index contributed by atoms with van der Waals surface area (Å²) in [5, 5.41) is 20.6. The van der Waals surface area contributed by atoms with Crippen LogP contribution < -0.4 is 0 Å². The zero-order chi connectivity index (χ0) is 26.0. The Kier molecular flexibility index (Phi) is 6.48. The molecule has 4 saturated carbocycles. The van der Waals surface area contributed by atoms with Gasteiger partial charge in [0, 0.05) is 24.7 Å². The minimum Gasteiger partial charge on any atom is -0.390 e. The Balaban J connectivity index is 1.22. The average Bonchev–Trinajstić information content (AvgIpc) is 3.41. The maximum absolute atomic E-state index is 13.7. The van der Waals surface area contributed by atoms with Crippen LogP contribution in [-0.4, -0.2) is 45.2 Å². The number of carbonyl (C=O) groups is 1. The number of halogens is 1. The van der Waals surface area contributed by atoms with E-state index in [1.54, 1.807) is 10.9 Å². The topological polar surface area (TPSA) is 77.2 Å². The van der Waals surface area contributed by atoms with Gasteiger partial charge in [0.15, 0.2) is 5.78 Å². The number of aromatic nitrogens is 3. The summed E-state index contributed by atoms with van der Waals surface area (Å²) in [5.41, 5.74) is 1.33. The van der Waals surface area contributed by atoms with Crippen LogP contribution in [0, 0.1) is 40.4 Å². The molecule has 1 aromatic heterocycles. The van der Waals surface area contributed by atoms with Gasteiger partial charge in [-0.25, -0.2) is 0 Å². The van der Waals surface area contributed by atoms with Gasteiger partial charge in [0.2, 0.25) is 0 Å². The van der Waals surface area contributed by atoms with Crippen molar-refractivity contribution in [2.45, 2.75) is 90.2 Å². The number of nitrogens with zero attached hydrogens (tertiary/aromatic N) is 3. The van der Waals surface area contributed by atoms with E-state index in [0.717, 1.165) is 62.6 Å². The summed E-state index contributed by atoms with van der Waals surface area (Å²) in [6.07, 6.45) is 11.0. The van der Waals surface area contributed by atoms with Crippen LogP contribution in [0.25, 0.3) is 11.0 Å². The molecule has 4 fully saturated rings. The molecule has 1 heterocycles. The molecule has 6 rings (SSSR count). The Morgan fingerprint density at radius 2 is 1.89 bits per heavy atom. The molecule has 4 aliphatic rings. The van der Waals surface area contributed by atoms with Crippen molar-refractivity contribution >= 4 is 28.4 Å². The molecule has 0 radical (unpaired) electrons. The van der Waals surface area contributed by atoms with Crippen molar-refractivity contribution < 1.29 is 14.6 Å². The van der Waals surface area contributed by atoms with Gasteiger partial charge < -0.3 is 9.84 Å². The van der Waals surface area contributed by atoms with E-state index in [4.69, 9.17) is 16.3 Å². The molecule has 0 bridgehead atoms. The largest absolute Gasteiger partial charge is 0.390 e. The predicted octanol–water partition coefficient (Wildman–Crippen LogP) is 6.08. The number of hydrogen-bond donors (Lipinski definition) is 1. The van der Waals surface area contributed by atoms with E-state index < -0.39 is 5.60 Å². The standard InChI is InChI=1S/C30H42ClN3O3/c1-28(36)12-13-30(14-15-37-3)19(17-28)4-6-21-22-7-8-24(29(22,2)11-10-23(21)30)27(35)18-34-32-25-9-5-20(31)16-26(25)33-34/h5,9,16,19,21-24,36H,4,6-8,10-15,17-18H2,1-3H3/t19-,21-,22-,23-,24+,28+,29-,30+/m0/s1. The first-order valence-corrected chi connectivity index (χ1v) is 14.8. The highest BCUT2D eigenvalue weighted by Crippen LogP contribution is 2.69. The zero-order valence-electron chi connectivity index (χ0n) is 22.6. The van der Waals surface area contributed by atoms with E-state index in [1.807, 2.05) is 26.2 Å². The Labute approximate surface area is 225 Å². The molecule has 0 unspecified atom stereocenters. The van der Waals surface area contributed by atoms with E-state index in [-0.39, 0.29) is 29.1 Å². The van der Waals surface area contributed by atoms with Gasteiger partial charge in [0.05, 0.1) is 5.60 Å². The second-order valence-corrected chi connectivity index (χ2v) is 13.8. The first-order chi connectivity index (χ1) is 17.6. The number of fused-ring (bicyclic) bond motifs is 6. The monoisotopic (exact) mass is 527 g/mol. The fourth-order valence-electron chi connectivity index (χ4n) is 9.81. The van der Waals surface area contributed by atoms with Gasteiger partial charge >= 0.3 is 0 Å². The van der Waals surface area contributed by atoms with Gasteiger partial charge in [-0.1, -0.05) is 18.5 Å². The third-order valence-corrected chi connectivity index (χ3v) is 11.7. The molecule has 0 spiro atoms. The molecule has 2 aromatic rings. The molecule has 6 nitrogen and oxygen atoms in total. The summed E-state index contributed by atoms with van der Waals surface area (Å²) in [6, 6.07) is 5.48. The quantitative estimate of drug-likeness (QED) is 0.492. The van der Waals surface area contributed by atoms with Gasteiger partial charge in [0.25, 0.3) is 0 Å². The van der Waals surface area contributed by atoms with Crippen molar-refractivity contribution in [1.29, 1.82) is 0 Å². The SMILES string of the molecule is COCC[C@]12CC[C@@](C)(O)C[C@@H]1CC[C@H]1[C@@H]3CC[C@H](C(=O)Cn4nc5ccc(Cl)cc5n4)[C@@]3(C)CC[C@@H]12. The highest BCUT2D eigenvalue weighted by Gasteiger charge is 2.62. The number of aliphatic hydroxyl groups is 1. The van der Waals surface area contributed by atoms with E-state index in [0.29, 0.717) is 28.7 Å². The molecule has 0 amide bonds. The summed E-state index contributed by atoms with van der Waals surface area (Å²) < 4.78 is 5.63. The number of ether oxygens (including phenoxy) is 1. The van der Waals surface area contributed by atoms with E-state index in [9.17, 15) is 9.90 Å². The number of rotatable bonds is 6. The van der Waals surface area contributed by atoms with Crippen LogP contribution in [0.3, 0.4) is 0 Å². The minimum atomic E-state index is -0.529. The summed E-state index contributed by atoms with van der Waals surface area (Å²) >= 11 is 6.12. The second kappa shape index (κ2) is 9.31. The lowest BCUT2D eigenvalue weighted by Gasteiger charge is -2.63. The third kappa shape index (κ3) is 4.26. The summed E-state index contributed by atoms with van der Waals surface area (Å²) in [4.78, 5) is 15.3. The van der Waals surface area contributed by atoms with Gasteiger partial charge in [-0.15, -0.1) is 0 Å². The number of carbonyl (C=O) groups excluding carboxylic acids is 1. The van der Waals surface area contributed by atoms with Gasteiger partial charge in [-0.3, -0.25) is 4.79 Å². The van der Waals surface area contributed by atoms with Crippen LogP contribution >= 0.6 is 11.6 Å². The lowest BCUT2D eigenvalue weighted by Crippen LogP contribution is -2.57. The van der Waals surface area contributed by atoms with Crippen molar-refractivity contribution in [3.8, 4) is 0 Å². The molecule has 1 aromatic carbocycles. The third-order valence-electron chi connectivity index (χ3n) is 11.5. The van der Waals surface area contributed by atoms with Gasteiger partial charge in [-0.05, 0) is 124 Å². The number of hydrogen-bond acceptors (Lipinski definition) is 5. The summed E-state index contributed by atoms with van der Waals surface area (Å²) in [5.74, 6) is 2.92. The van der Waals surface area contributed by atoms with Crippen molar-refractivity contribution in [3.63, 3.8) is 0 Å². The van der Waals surface area contributed by atoms with Crippen LogP contribution in [0.15, 0.2) is 18.2 Å². The van der Waals surface area contributed by atoms with Crippen LogP contribution in [0.2, 0.25) is 5.02 Å². The molecule has 8 atom stereocenters. The van der Waals surface area contributed by atoms with E-state index in [2.05, 4.69) is 17.1 Å². The van der Waals surface area contributed by atoms with Crippen molar-refractivity contribution in [1.82, 2.24) is 15.0 Å². The van der Waals surface area contributed by atoms with E-state index >= 15 is 0 Å². The fourth-order valence-corrected chi connectivity index (χ4v) is 9.97. The zero-order valence-corrected chi connectivity index (χ0v) is 23.3. The molecule has 4 aliphatic carbocycles. The minimum absolute atomic E-state index is 0.0591. The smallest absolute Gasteiger partial charge is 0.159 e. The predicted molar refractivity (Wildman–Crippen MR) is 144 cm³/mol. The molecule has 0 aliphatic heterocycles. The van der Waals surface area contributed by atoms with E-state index in [1.165, 1.54) is 19.3 Å². The molecule has 1 N–H and O–H groups in total. The van der Waals surface area contributed by atoms with Crippen LogP contribution in [-0.2, 0) is 16.1 Å². The number of benzene rings is 1. The van der Waals surface area contributed by atoms with Crippen LogP contribution in [0.1, 0.15) is 78.1 Å². The molecule has 37 heavy (non-hydrogen) atoms. The fraction of sp³-hybridized carbons (Fsp3) is 0.767. The Morgan fingerprint density at radius 1 is 1.08 bits per heavy atom. The van der Waals surface area contributed by atoms with Gasteiger partial charge in [0.1, 0.15) is 17.6 Å². The first kappa shape index (κ1) is 25.8.